The Balaban J connectivity index is 1.50. The van der Waals surface area contributed by atoms with Crippen molar-refractivity contribution in [1.82, 2.24) is 10.2 Å². The van der Waals surface area contributed by atoms with E-state index in [0.29, 0.717) is 20.5 Å². The van der Waals surface area contributed by atoms with Gasteiger partial charge in [-0.3, -0.25) is 14.5 Å². The van der Waals surface area contributed by atoms with E-state index in [1.54, 1.807) is 23.6 Å². The summed E-state index contributed by atoms with van der Waals surface area (Å²) in [7, 11) is 1.47. The minimum Gasteiger partial charge on any atom is -0.510 e. The summed E-state index contributed by atoms with van der Waals surface area (Å²) in [5.74, 6) is -1.03. The van der Waals surface area contributed by atoms with E-state index in [-0.39, 0.29) is 22.9 Å². The number of thioether (sulfide) groups is 1. The molecular weight excluding hydrogens is 518 g/mol. The number of hydrogen-bond acceptors (Lipinski definition) is 10. The van der Waals surface area contributed by atoms with Crippen LogP contribution in [0.25, 0.3) is 0 Å². The molecule has 0 saturated carbocycles. The summed E-state index contributed by atoms with van der Waals surface area (Å²) in [6.07, 6.45) is 2.74. The van der Waals surface area contributed by atoms with E-state index < -0.39 is 29.6 Å². The van der Waals surface area contributed by atoms with Crippen molar-refractivity contribution >= 4 is 51.3 Å². The van der Waals surface area contributed by atoms with Crippen LogP contribution in [0.3, 0.4) is 0 Å². The monoisotopic (exact) mass is 539 g/mol. The van der Waals surface area contributed by atoms with Crippen LogP contribution < -0.4 is 4.90 Å². The van der Waals surface area contributed by atoms with Gasteiger partial charge in [0.15, 0.2) is 10.1 Å². The first kappa shape index (κ1) is 24.4. The Labute approximate surface area is 219 Å². The lowest BCUT2D eigenvalue weighted by molar-refractivity contribution is -0.116. The summed E-state index contributed by atoms with van der Waals surface area (Å²) in [5, 5.41) is 31.6. The van der Waals surface area contributed by atoms with Crippen LogP contribution in [0.1, 0.15) is 21.7 Å². The number of ether oxygens (including phenoxy) is 1. The molecule has 3 heterocycles. The van der Waals surface area contributed by atoms with Crippen molar-refractivity contribution in [2.75, 3.05) is 12.0 Å². The lowest BCUT2D eigenvalue weighted by atomic mass is 9.89. The number of carbonyl (C=O) groups excluding carboxylic acids is 2. The molecule has 36 heavy (non-hydrogen) atoms. The second-order valence-electron chi connectivity index (χ2n) is 8.03. The van der Waals surface area contributed by atoms with E-state index in [0.717, 1.165) is 5.56 Å². The van der Waals surface area contributed by atoms with Crippen molar-refractivity contribution in [3.63, 3.8) is 0 Å². The number of thiophene rings is 1. The lowest BCUT2D eigenvalue weighted by Gasteiger charge is -2.29. The van der Waals surface area contributed by atoms with Gasteiger partial charge < -0.3 is 14.9 Å². The summed E-state index contributed by atoms with van der Waals surface area (Å²) in [4.78, 5) is 28.5. The van der Waals surface area contributed by atoms with Gasteiger partial charge in [0.05, 0.1) is 16.5 Å². The summed E-state index contributed by atoms with van der Waals surface area (Å²) in [5.41, 5.74) is 1.74. The van der Waals surface area contributed by atoms with Crippen LogP contribution in [0, 0.1) is 0 Å². The van der Waals surface area contributed by atoms with E-state index in [2.05, 4.69) is 10.2 Å². The lowest BCUT2D eigenvalue weighted by Crippen LogP contribution is -2.40. The number of methoxy groups -OCH3 is 1. The van der Waals surface area contributed by atoms with Gasteiger partial charge in [0.2, 0.25) is 10.9 Å². The molecule has 1 aromatic carbocycles. The van der Waals surface area contributed by atoms with Gasteiger partial charge in [-0.1, -0.05) is 65.6 Å². The smallest absolute Gasteiger partial charge is 0.296 e. The van der Waals surface area contributed by atoms with Crippen molar-refractivity contribution in [3.05, 3.63) is 93.1 Å². The van der Waals surface area contributed by atoms with Crippen LogP contribution in [-0.2, 0) is 15.3 Å². The summed E-state index contributed by atoms with van der Waals surface area (Å²) < 4.78 is 6.04. The number of aromatic nitrogens is 2. The molecule has 2 aliphatic rings. The fraction of sp³-hybridized carbons (Fsp3) is 0.200. The minimum absolute atomic E-state index is 0.0213. The fourth-order valence-electron chi connectivity index (χ4n) is 4.10. The molecule has 3 aromatic rings. The first-order chi connectivity index (χ1) is 17.5. The van der Waals surface area contributed by atoms with Crippen molar-refractivity contribution in [2.45, 2.75) is 28.7 Å². The molecule has 1 aliphatic carbocycles. The summed E-state index contributed by atoms with van der Waals surface area (Å²) >= 11 is 3.94. The second-order valence-corrected chi connectivity index (χ2v) is 11.2. The number of rotatable bonds is 8. The molecule has 2 aromatic heterocycles. The van der Waals surface area contributed by atoms with Crippen LogP contribution in [0.15, 0.2) is 87.0 Å². The Morgan fingerprint density at radius 3 is 2.69 bits per heavy atom. The highest BCUT2D eigenvalue weighted by Gasteiger charge is 2.47. The number of hydrogen-bond donors (Lipinski definition) is 2. The summed E-state index contributed by atoms with van der Waals surface area (Å²) in [6, 6.07) is 12.4. The molecule has 8 nitrogen and oxygen atoms in total. The number of nitrogens with zero attached hydrogens (tertiary/aromatic N) is 3. The molecule has 0 saturated heterocycles. The highest BCUT2D eigenvalue weighted by molar-refractivity contribution is 8.00. The molecule has 1 amide bonds. The van der Waals surface area contributed by atoms with E-state index >= 15 is 0 Å². The Bertz CT molecular complexity index is 1380. The maximum Gasteiger partial charge on any atom is 0.296 e. The molecule has 0 spiro atoms. The number of benzene rings is 1. The Hall–Kier alpha value is -3.25. The highest BCUT2D eigenvalue weighted by Crippen LogP contribution is 2.41. The first-order valence-corrected chi connectivity index (χ1v) is 13.6. The largest absolute Gasteiger partial charge is 0.510 e. The average molecular weight is 540 g/mol. The topological polar surface area (TPSA) is 113 Å². The third-order valence-electron chi connectivity index (χ3n) is 5.86. The zero-order valence-electron chi connectivity index (χ0n) is 19.0. The number of carbonyl (C=O) groups is 2. The molecular formula is C25H21N3O5S3. The number of anilines is 1. The van der Waals surface area contributed by atoms with Crippen LogP contribution in [0.4, 0.5) is 5.13 Å². The molecule has 0 radical (unpaired) electrons. The summed E-state index contributed by atoms with van der Waals surface area (Å²) in [6.45, 7) is 0. The molecule has 2 atom stereocenters. The zero-order valence-corrected chi connectivity index (χ0v) is 21.5. The predicted octanol–water partition coefficient (Wildman–Crippen LogP) is 5.09. The van der Waals surface area contributed by atoms with Gasteiger partial charge in [0.1, 0.15) is 11.9 Å². The van der Waals surface area contributed by atoms with E-state index in [9.17, 15) is 19.8 Å². The highest BCUT2D eigenvalue weighted by atomic mass is 32.2. The standard InChI is InChI=1S/C25H21N3O5S3/c1-33-17-12-15(9-10-16(17)29)20-19(21(30)18-8-5-11-34-18)22(31)23(32)28(20)24-26-27-25(36-24)35-13-14-6-3-2-4-7-14/h2-11,17,20,29,31H,12-13H2,1H3. The molecule has 1 aliphatic heterocycles. The predicted molar refractivity (Wildman–Crippen MR) is 140 cm³/mol. The first-order valence-electron chi connectivity index (χ1n) is 11.0. The third-order valence-corrected chi connectivity index (χ3v) is 8.86. The number of Topliss-reactive ketones (excluding diaryl/α,β-unsaturated/α-hetero) is 1. The quantitative estimate of drug-likeness (QED) is 0.231. The Kier molecular flexibility index (Phi) is 7.06. The molecule has 0 fully saturated rings. The maximum absolute atomic E-state index is 13.4. The van der Waals surface area contributed by atoms with Gasteiger partial charge in [-0.15, -0.1) is 21.5 Å². The number of aliphatic hydroxyl groups excluding tert-OH is 2. The SMILES string of the molecule is COC1CC(C2C(C(=O)c3cccs3)=C(O)C(=O)N2c2nnc(SCc3ccccc3)s2)=CC=C1O. The fourth-order valence-corrected chi connectivity index (χ4v) is 6.60. The van der Waals surface area contributed by atoms with Crippen molar-refractivity contribution in [3.8, 4) is 0 Å². The number of ketones is 1. The minimum atomic E-state index is -0.908. The maximum atomic E-state index is 13.4. The van der Waals surface area contributed by atoms with Gasteiger partial charge in [0.25, 0.3) is 5.91 Å². The van der Waals surface area contributed by atoms with Gasteiger partial charge in [-0.25, -0.2) is 0 Å². The van der Waals surface area contributed by atoms with Crippen LogP contribution in [0.2, 0.25) is 0 Å². The molecule has 0 bridgehead atoms. The van der Waals surface area contributed by atoms with Crippen LogP contribution in [0.5, 0.6) is 0 Å². The molecule has 184 valence electrons. The van der Waals surface area contributed by atoms with Crippen molar-refractivity contribution < 1.29 is 24.5 Å². The average Bonchev–Trinajstić information content (AvgIpc) is 3.64. The Morgan fingerprint density at radius 2 is 1.97 bits per heavy atom. The molecule has 11 heteroatoms. The van der Waals surface area contributed by atoms with E-state index in [1.807, 2.05) is 30.3 Å². The van der Waals surface area contributed by atoms with Gasteiger partial charge in [0, 0.05) is 19.3 Å². The van der Waals surface area contributed by atoms with Gasteiger partial charge in [-0.05, 0) is 28.7 Å². The number of amides is 1. The van der Waals surface area contributed by atoms with Crippen LogP contribution >= 0.6 is 34.4 Å². The van der Waals surface area contributed by atoms with Gasteiger partial charge >= 0.3 is 0 Å². The van der Waals surface area contributed by atoms with Gasteiger partial charge in [-0.2, -0.15) is 0 Å². The Morgan fingerprint density at radius 1 is 1.17 bits per heavy atom. The normalized spacial score (nSPS) is 20.0. The molecule has 2 unspecified atom stereocenters. The van der Waals surface area contributed by atoms with Crippen molar-refractivity contribution in [1.29, 1.82) is 0 Å². The number of allylic oxidation sites excluding steroid dienone is 2. The van der Waals surface area contributed by atoms with E-state index in [4.69, 9.17) is 4.74 Å². The van der Waals surface area contributed by atoms with Crippen molar-refractivity contribution in [2.24, 2.45) is 0 Å². The number of aliphatic hydroxyl groups is 2. The molecule has 2 N–H and O–H groups in total. The second kappa shape index (κ2) is 10.4. The van der Waals surface area contributed by atoms with E-state index in [1.165, 1.54) is 52.5 Å². The van der Waals surface area contributed by atoms with Crippen LogP contribution in [-0.4, -0.2) is 51.4 Å². The third kappa shape index (κ3) is 4.62. The zero-order chi connectivity index (χ0) is 25.2. The molecule has 5 rings (SSSR count).